The van der Waals surface area contributed by atoms with Gasteiger partial charge in [-0.15, -0.1) is 0 Å². The first-order valence-electron chi connectivity index (χ1n) is 8.98. The number of benzene rings is 2. The number of nitrogens with one attached hydrogen (secondary N) is 1. The number of likely N-dealkylation sites (tertiary alicyclic amines) is 1. The van der Waals surface area contributed by atoms with Gasteiger partial charge in [-0.05, 0) is 30.7 Å². The van der Waals surface area contributed by atoms with Crippen molar-refractivity contribution in [3.63, 3.8) is 0 Å². The lowest BCUT2D eigenvalue weighted by Crippen LogP contribution is -2.57. The molecule has 0 radical (unpaired) electrons. The first kappa shape index (κ1) is 16.5. The molecule has 2 atom stereocenters. The number of hydrogen-bond acceptors (Lipinski definition) is 4. The third kappa shape index (κ3) is 3.27. The standard InChI is InChI=1S/C20H24N2O3/c23-18-9-11-22(14-20(18)10-4-12-25-20)13-19(24)21-17-8-3-6-15-5-1-2-7-16(15)17/h1-3,5-8,18,23H,4,9-14H2,(H,21,24)/t18-,20-/m0/s1. The molecular formula is C20H24N2O3. The predicted molar refractivity (Wildman–Crippen MR) is 97.6 cm³/mol. The molecule has 0 aliphatic carbocycles. The Morgan fingerprint density at radius 2 is 2.12 bits per heavy atom. The zero-order valence-corrected chi connectivity index (χ0v) is 14.3. The molecular weight excluding hydrogens is 316 g/mol. The highest BCUT2D eigenvalue weighted by Crippen LogP contribution is 2.34. The lowest BCUT2D eigenvalue weighted by molar-refractivity contribution is -0.137. The van der Waals surface area contributed by atoms with Crippen molar-refractivity contribution in [2.24, 2.45) is 0 Å². The van der Waals surface area contributed by atoms with Crippen LogP contribution in [-0.4, -0.2) is 53.9 Å². The molecule has 132 valence electrons. The summed E-state index contributed by atoms with van der Waals surface area (Å²) in [6.07, 6.45) is 2.08. The van der Waals surface area contributed by atoms with E-state index in [0.717, 1.165) is 35.8 Å². The molecule has 1 spiro atoms. The molecule has 0 aromatic heterocycles. The summed E-state index contributed by atoms with van der Waals surface area (Å²) in [5.41, 5.74) is 0.366. The number of aliphatic hydroxyl groups excluding tert-OH is 1. The van der Waals surface area contributed by atoms with Gasteiger partial charge in [0.1, 0.15) is 5.60 Å². The van der Waals surface area contributed by atoms with Crippen LogP contribution in [0.2, 0.25) is 0 Å². The maximum Gasteiger partial charge on any atom is 0.238 e. The number of carbonyl (C=O) groups is 1. The molecule has 2 aromatic carbocycles. The van der Waals surface area contributed by atoms with Gasteiger partial charge in [-0.25, -0.2) is 0 Å². The van der Waals surface area contributed by atoms with Crippen molar-refractivity contribution >= 4 is 22.4 Å². The minimum absolute atomic E-state index is 0.0270. The Balaban J connectivity index is 1.43. The molecule has 5 heteroatoms. The lowest BCUT2D eigenvalue weighted by atomic mass is 9.87. The van der Waals surface area contributed by atoms with Crippen molar-refractivity contribution in [2.75, 3.05) is 31.6 Å². The van der Waals surface area contributed by atoms with Gasteiger partial charge >= 0.3 is 0 Å². The minimum Gasteiger partial charge on any atom is -0.390 e. The molecule has 2 heterocycles. The van der Waals surface area contributed by atoms with Gasteiger partial charge in [-0.3, -0.25) is 9.69 Å². The summed E-state index contributed by atoms with van der Waals surface area (Å²) in [7, 11) is 0. The number of piperidine rings is 1. The Morgan fingerprint density at radius 3 is 2.96 bits per heavy atom. The van der Waals surface area contributed by atoms with Gasteiger partial charge in [0.25, 0.3) is 0 Å². The fourth-order valence-electron chi connectivity index (χ4n) is 4.10. The Labute approximate surface area is 147 Å². The van der Waals surface area contributed by atoms with E-state index < -0.39 is 11.7 Å². The van der Waals surface area contributed by atoms with E-state index >= 15 is 0 Å². The molecule has 4 rings (SSSR count). The summed E-state index contributed by atoms with van der Waals surface area (Å²) in [4.78, 5) is 14.6. The Kier molecular flexibility index (Phi) is 4.46. The van der Waals surface area contributed by atoms with E-state index in [4.69, 9.17) is 4.74 Å². The van der Waals surface area contributed by atoms with Gasteiger partial charge in [0, 0.05) is 30.8 Å². The number of carbonyl (C=O) groups excluding carboxylic acids is 1. The number of aliphatic hydroxyl groups is 1. The second kappa shape index (κ2) is 6.75. The third-order valence-corrected chi connectivity index (χ3v) is 5.38. The van der Waals surface area contributed by atoms with E-state index in [1.54, 1.807) is 0 Å². The van der Waals surface area contributed by atoms with Crippen molar-refractivity contribution in [3.8, 4) is 0 Å². The number of nitrogens with zero attached hydrogens (tertiary/aromatic N) is 1. The SMILES string of the molecule is O=C(CN1CC[C@H](O)[C@]2(CCCO2)C1)Nc1cccc2ccccc12. The summed E-state index contributed by atoms with van der Waals surface area (Å²) in [6.45, 7) is 2.36. The van der Waals surface area contributed by atoms with Crippen LogP contribution < -0.4 is 5.32 Å². The van der Waals surface area contributed by atoms with E-state index in [1.807, 2.05) is 42.5 Å². The minimum atomic E-state index is -0.474. The van der Waals surface area contributed by atoms with Crippen LogP contribution in [0.25, 0.3) is 10.8 Å². The van der Waals surface area contributed by atoms with E-state index in [1.165, 1.54) is 0 Å². The molecule has 25 heavy (non-hydrogen) atoms. The molecule has 2 fully saturated rings. The van der Waals surface area contributed by atoms with Crippen LogP contribution in [0.1, 0.15) is 19.3 Å². The predicted octanol–water partition coefficient (Wildman–Crippen LogP) is 2.39. The summed E-state index contributed by atoms with van der Waals surface area (Å²) < 4.78 is 5.86. The zero-order chi connectivity index (χ0) is 17.3. The molecule has 2 aromatic rings. The number of rotatable bonds is 3. The van der Waals surface area contributed by atoms with Crippen LogP contribution in [0.15, 0.2) is 42.5 Å². The largest absolute Gasteiger partial charge is 0.390 e. The van der Waals surface area contributed by atoms with Crippen LogP contribution in [0, 0.1) is 0 Å². The number of hydrogen-bond donors (Lipinski definition) is 2. The van der Waals surface area contributed by atoms with Gasteiger partial charge in [0.15, 0.2) is 0 Å². The Hall–Kier alpha value is -1.95. The van der Waals surface area contributed by atoms with Gasteiger partial charge < -0.3 is 15.2 Å². The molecule has 0 unspecified atom stereocenters. The van der Waals surface area contributed by atoms with E-state index in [0.29, 0.717) is 26.1 Å². The molecule has 1 amide bonds. The molecule has 5 nitrogen and oxygen atoms in total. The van der Waals surface area contributed by atoms with Crippen LogP contribution in [0.4, 0.5) is 5.69 Å². The second-order valence-corrected chi connectivity index (χ2v) is 7.11. The molecule has 0 bridgehead atoms. The van der Waals surface area contributed by atoms with Gasteiger partial charge in [0.05, 0.1) is 12.6 Å². The highest BCUT2D eigenvalue weighted by atomic mass is 16.5. The van der Waals surface area contributed by atoms with Crippen molar-refractivity contribution in [3.05, 3.63) is 42.5 Å². The van der Waals surface area contributed by atoms with Crippen LogP contribution in [-0.2, 0) is 9.53 Å². The van der Waals surface area contributed by atoms with E-state index in [-0.39, 0.29) is 5.91 Å². The highest BCUT2D eigenvalue weighted by molar-refractivity contribution is 6.02. The van der Waals surface area contributed by atoms with Gasteiger partial charge in [-0.1, -0.05) is 36.4 Å². The monoisotopic (exact) mass is 340 g/mol. The van der Waals surface area contributed by atoms with Crippen LogP contribution >= 0.6 is 0 Å². The molecule has 2 saturated heterocycles. The summed E-state index contributed by atoms with van der Waals surface area (Å²) in [6, 6.07) is 14.0. The fraction of sp³-hybridized carbons (Fsp3) is 0.450. The molecule has 0 saturated carbocycles. The fourth-order valence-corrected chi connectivity index (χ4v) is 4.10. The second-order valence-electron chi connectivity index (χ2n) is 7.11. The van der Waals surface area contributed by atoms with Crippen molar-refractivity contribution in [2.45, 2.75) is 31.0 Å². The smallest absolute Gasteiger partial charge is 0.238 e. The summed E-state index contributed by atoms with van der Waals surface area (Å²) >= 11 is 0. The van der Waals surface area contributed by atoms with Crippen LogP contribution in [0.5, 0.6) is 0 Å². The van der Waals surface area contributed by atoms with Gasteiger partial charge in [-0.2, -0.15) is 0 Å². The summed E-state index contributed by atoms with van der Waals surface area (Å²) in [5, 5.41) is 15.5. The first-order valence-corrected chi connectivity index (χ1v) is 8.98. The number of amides is 1. The highest BCUT2D eigenvalue weighted by Gasteiger charge is 2.46. The lowest BCUT2D eigenvalue weighted by Gasteiger charge is -2.42. The Bertz CT molecular complexity index is 765. The van der Waals surface area contributed by atoms with Crippen molar-refractivity contribution < 1.29 is 14.6 Å². The normalized spacial score (nSPS) is 27.0. The summed E-state index contributed by atoms with van der Waals surface area (Å²) in [5.74, 6) is -0.0270. The van der Waals surface area contributed by atoms with Crippen molar-refractivity contribution in [1.82, 2.24) is 4.90 Å². The molecule has 2 N–H and O–H groups in total. The maximum absolute atomic E-state index is 12.6. The number of anilines is 1. The van der Waals surface area contributed by atoms with Crippen LogP contribution in [0.3, 0.4) is 0 Å². The molecule has 2 aliphatic rings. The number of fused-ring (bicyclic) bond motifs is 1. The number of ether oxygens (including phenoxy) is 1. The topological polar surface area (TPSA) is 61.8 Å². The van der Waals surface area contributed by atoms with Crippen molar-refractivity contribution in [1.29, 1.82) is 0 Å². The average molecular weight is 340 g/mol. The van der Waals surface area contributed by atoms with E-state index in [2.05, 4.69) is 10.2 Å². The van der Waals surface area contributed by atoms with E-state index in [9.17, 15) is 9.90 Å². The third-order valence-electron chi connectivity index (χ3n) is 5.38. The quantitative estimate of drug-likeness (QED) is 0.901. The Morgan fingerprint density at radius 1 is 1.28 bits per heavy atom. The molecule has 2 aliphatic heterocycles. The first-order chi connectivity index (χ1) is 12.2. The maximum atomic E-state index is 12.6. The zero-order valence-electron chi connectivity index (χ0n) is 14.3. The average Bonchev–Trinajstić information content (AvgIpc) is 3.08. The van der Waals surface area contributed by atoms with Gasteiger partial charge in [0.2, 0.25) is 5.91 Å².